The number of amides is 1. The van der Waals surface area contributed by atoms with Crippen LogP contribution in [0.2, 0.25) is 0 Å². The molecule has 1 amide bonds. The van der Waals surface area contributed by atoms with Crippen molar-refractivity contribution in [2.24, 2.45) is 0 Å². The van der Waals surface area contributed by atoms with Crippen LogP contribution in [0, 0.1) is 6.92 Å². The van der Waals surface area contributed by atoms with E-state index in [-0.39, 0.29) is 12.4 Å². The molecule has 10 heteroatoms. The third-order valence-electron chi connectivity index (χ3n) is 2.77. The Hall–Kier alpha value is -2.52. The van der Waals surface area contributed by atoms with Crippen molar-refractivity contribution in [1.29, 1.82) is 0 Å². The molecule has 1 rings (SSSR count). The highest BCUT2D eigenvalue weighted by Crippen LogP contribution is 2.32. The van der Waals surface area contributed by atoms with E-state index in [9.17, 15) is 22.8 Å². The Bertz CT molecular complexity index is 563. The van der Waals surface area contributed by atoms with Crippen LogP contribution >= 0.6 is 0 Å². The minimum absolute atomic E-state index is 0.157. The molecule has 128 valence electrons. The smallest absolute Gasteiger partial charge is 0.464 e. The lowest BCUT2D eigenvalue weighted by Crippen LogP contribution is -2.69. The van der Waals surface area contributed by atoms with E-state index in [1.54, 1.807) is 6.92 Å². The van der Waals surface area contributed by atoms with E-state index in [1.807, 2.05) is 5.32 Å². The van der Waals surface area contributed by atoms with E-state index in [0.717, 1.165) is 12.7 Å². The molecule has 3 N–H and O–H groups in total. The molecule has 23 heavy (non-hydrogen) atoms. The Labute approximate surface area is 130 Å². The van der Waals surface area contributed by atoms with E-state index in [2.05, 4.69) is 14.5 Å². The molecule has 0 saturated heterocycles. The highest BCUT2D eigenvalue weighted by Gasteiger charge is 2.68. The molecule has 0 aliphatic heterocycles. The Morgan fingerprint density at radius 3 is 2.39 bits per heavy atom. The quantitative estimate of drug-likeness (QED) is 0.626. The summed E-state index contributed by atoms with van der Waals surface area (Å²) in [6, 6.07) is 2.80. The number of nitrogens with one attached hydrogen (secondary N) is 3. The normalized spacial score (nSPS) is 13.7. The fraction of sp³-hybridized carbons (Fsp3) is 0.462. The van der Waals surface area contributed by atoms with E-state index in [4.69, 9.17) is 0 Å². The second kappa shape index (κ2) is 7.16. The number of rotatable bonds is 5. The first-order chi connectivity index (χ1) is 10.7. The van der Waals surface area contributed by atoms with Crippen LogP contribution < -0.4 is 15.6 Å². The minimum atomic E-state index is -5.20. The van der Waals surface area contributed by atoms with Crippen LogP contribution in [-0.4, -0.2) is 37.6 Å². The van der Waals surface area contributed by atoms with Gasteiger partial charge in [0.25, 0.3) is 5.82 Å². The van der Waals surface area contributed by atoms with Gasteiger partial charge in [-0.1, -0.05) is 0 Å². The van der Waals surface area contributed by atoms with Crippen molar-refractivity contribution in [2.75, 3.05) is 19.0 Å². The number of alkyl halides is 3. The number of hydrogen-bond acceptors (Lipinski definition) is 5. The van der Waals surface area contributed by atoms with Crippen molar-refractivity contribution in [2.45, 2.75) is 25.7 Å². The van der Waals surface area contributed by atoms with Crippen LogP contribution in [0.3, 0.4) is 0 Å². The van der Waals surface area contributed by atoms with Gasteiger partial charge in [-0.15, -0.1) is 0 Å². The van der Waals surface area contributed by atoms with Gasteiger partial charge in [-0.25, -0.2) is 19.9 Å². The zero-order valence-corrected chi connectivity index (χ0v) is 12.7. The van der Waals surface area contributed by atoms with Gasteiger partial charge < -0.3 is 9.47 Å². The molecule has 0 spiro atoms. The maximum absolute atomic E-state index is 13.5. The first-order valence-electron chi connectivity index (χ1n) is 6.53. The van der Waals surface area contributed by atoms with Crippen LogP contribution in [-0.2, 0) is 14.3 Å². The van der Waals surface area contributed by atoms with E-state index in [1.165, 1.54) is 30.6 Å². The maximum atomic E-state index is 13.5. The van der Waals surface area contributed by atoms with Gasteiger partial charge in [0.15, 0.2) is 0 Å². The van der Waals surface area contributed by atoms with Crippen molar-refractivity contribution >= 4 is 17.9 Å². The summed E-state index contributed by atoms with van der Waals surface area (Å²) in [7, 11) is 0.774. The summed E-state index contributed by atoms with van der Waals surface area (Å²) in [6.07, 6.45) is -5.20. The molecule has 0 saturated carbocycles. The van der Waals surface area contributed by atoms with Crippen LogP contribution in [0.5, 0.6) is 0 Å². The number of aromatic nitrogens is 1. The van der Waals surface area contributed by atoms with Gasteiger partial charge >= 0.3 is 23.9 Å². The summed E-state index contributed by atoms with van der Waals surface area (Å²) in [5.74, 6) is -1.90. The number of H-pyrrole nitrogens is 1. The molecular formula is C13H17F3N3O4+. The number of anilines is 1. The topological polar surface area (TPSA) is 90.8 Å². The number of pyridine rings is 1. The number of halogens is 3. The van der Waals surface area contributed by atoms with E-state index in [0.29, 0.717) is 0 Å². The van der Waals surface area contributed by atoms with Crippen molar-refractivity contribution in [3.63, 3.8) is 0 Å². The van der Waals surface area contributed by atoms with Crippen molar-refractivity contribution in [1.82, 2.24) is 5.32 Å². The molecule has 0 aliphatic carbocycles. The molecule has 1 aromatic heterocycles. The number of alkyl carbamates (subject to hydrolysis) is 1. The number of ether oxygens (including phenoxy) is 2. The second-order valence-electron chi connectivity index (χ2n) is 4.49. The first kappa shape index (κ1) is 18.5. The standard InChI is InChI=1S/C13H16F3N3O4/c1-4-23-11(21)19-12(10(20)22-3,13(14,15)16)18-9-6-5-8(2)7-17-9/h5-7H,4H2,1-3H3,(H,17,18)(H,19,21)/p+1/t12-/m0/s1. The first-order valence-corrected chi connectivity index (χ1v) is 6.53. The van der Waals surface area contributed by atoms with Crippen molar-refractivity contribution < 1.29 is 37.2 Å². The number of esters is 1. The minimum Gasteiger partial charge on any atom is -0.464 e. The van der Waals surface area contributed by atoms with Crippen LogP contribution in [0.15, 0.2) is 18.3 Å². The van der Waals surface area contributed by atoms with Gasteiger partial charge in [0.05, 0.1) is 19.9 Å². The summed E-state index contributed by atoms with van der Waals surface area (Å²) < 4.78 is 49.2. The zero-order valence-electron chi connectivity index (χ0n) is 12.7. The predicted octanol–water partition coefficient (Wildman–Crippen LogP) is 1.40. The summed E-state index contributed by atoms with van der Waals surface area (Å²) in [5, 5.41) is 3.43. The highest BCUT2D eigenvalue weighted by atomic mass is 19.4. The number of carbonyl (C=O) groups is 2. The Balaban J connectivity index is 3.28. The summed E-state index contributed by atoms with van der Waals surface area (Å²) in [6.45, 7) is 2.96. The third-order valence-corrected chi connectivity index (χ3v) is 2.77. The van der Waals surface area contributed by atoms with Crippen LogP contribution in [0.1, 0.15) is 12.5 Å². The molecule has 0 bridgehead atoms. The van der Waals surface area contributed by atoms with E-state index >= 15 is 0 Å². The number of aromatic amines is 1. The van der Waals surface area contributed by atoms with Crippen molar-refractivity contribution in [3.8, 4) is 0 Å². The number of methoxy groups -OCH3 is 1. The molecule has 0 radical (unpaired) electrons. The SMILES string of the molecule is CCOC(=O)N[C@@](Nc1ccc(C)c[nH+]1)(C(=O)OC)C(F)(F)F. The van der Waals surface area contributed by atoms with Crippen molar-refractivity contribution in [3.05, 3.63) is 23.9 Å². The van der Waals surface area contributed by atoms with Gasteiger partial charge in [-0.2, -0.15) is 13.2 Å². The molecule has 7 nitrogen and oxygen atoms in total. The van der Waals surface area contributed by atoms with Gasteiger partial charge in [0, 0.05) is 6.07 Å². The molecule has 0 aromatic carbocycles. The molecular weight excluding hydrogens is 319 g/mol. The Morgan fingerprint density at radius 1 is 1.30 bits per heavy atom. The summed E-state index contributed by atoms with van der Waals surface area (Å²) in [4.78, 5) is 25.8. The molecule has 1 heterocycles. The maximum Gasteiger partial charge on any atom is 0.464 e. The lowest BCUT2D eigenvalue weighted by molar-refractivity contribution is -0.363. The largest absolute Gasteiger partial charge is 0.464 e. The fourth-order valence-corrected chi connectivity index (χ4v) is 1.65. The molecule has 0 aliphatic rings. The zero-order chi connectivity index (χ0) is 17.7. The second-order valence-corrected chi connectivity index (χ2v) is 4.49. The number of hydrogen-bond donors (Lipinski definition) is 2. The predicted molar refractivity (Wildman–Crippen MR) is 72.3 cm³/mol. The lowest BCUT2D eigenvalue weighted by Gasteiger charge is -2.29. The summed E-state index contributed by atoms with van der Waals surface area (Å²) >= 11 is 0. The van der Waals surface area contributed by atoms with Gasteiger partial charge in [-0.05, 0) is 25.5 Å². The average molecular weight is 336 g/mol. The van der Waals surface area contributed by atoms with Gasteiger partial charge in [0.1, 0.15) is 0 Å². The van der Waals surface area contributed by atoms with Gasteiger partial charge in [0.2, 0.25) is 0 Å². The highest BCUT2D eigenvalue weighted by molar-refractivity contribution is 5.89. The van der Waals surface area contributed by atoms with Crippen LogP contribution in [0.4, 0.5) is 23.8 Å². The fourth-order valence-electron chi connectivity index (χ4n) is 1.65. The summed E-state index contributed by atoms with van der Waals surface area (Å²) in [5.41, 5.74) is -2.75. The monoisotopic (exact) mass is 336 g/mol. The molecule has 1 atom stereocenters. The average Bonchev–Trinajstić information content (AvgIpc) is 2.47. The number of aryl methyl sites for hydroxylation is 1. The molecule has 0 unspecified atom stereocenters. The Kier molecular flexibility index (Phi) is 5.77. The van der Waals surface area contributed by atoms with Gasteiger partial charge in [-0.3, -0.25) is 5.32 Å². The molecule has 0 fully saturated rings. The lowest BCUT2D eigenvalue weighted by atomic mass is 10.1. The number of carbonyl (C=O) groups excluding carboxylic acids is 2. The Morgan fingerprint density at radius 2 is 1.96 bits per heavy atom. The molecule has 1 aromatic rings. The van der Waals surface area contributed by atoms with E-state index < -0.39 is 23.9 Å². The van der Waals surface area contributed by atoms with Crippen LogP contribution in [0.25, 0.3) is 0 Å². The third kappa shape index (κ3) is 4.24.